The zero-order valence-electron chi connectivity index (χ0n) is 12.2. The van der Waals surface area contributed by atoms with E-state index in [1.165, 1.54) is 12.3 Å². The van der Waals surface area contributed by atoms with Gasteiger partial charge in [-0.2, -0.15) is 13.2 Å². The molecular formula is C16H16F4N2O. The van der Waals surface area contributed by atoms with E-state index in [0.717, 1.165) is 19.2 Å². The molecule has 7 heteroatoms. The fourth-order valence-electron chi connectivity index (χ4n) is 2.84. The lowest BCUT2D eigenvalue weighted by Gasteiger charge is -2.34. The molecule has 0 amide bonds. The van der Waals surface area contributed by atoms with Gasteiger partial charge in [-0.15, -0.1) is 0 Å². The molecule has 1 aromatic carbocycles. The molecule has 3 rings (SSSR count). The highest BCUT2D eigenvalue weighted by Gasteiger charge is 2.33. The lowest BCUT2D eigenvalue weighted by Crippen LogP contribution is -2.45. The molecule has 1 aliphatic rings. The number of piperazine rings is 1. The zero-order chi connectivity index (χ0) is 16.4. The molecule has 0 unspecified atom stereocenters. The highest BCUT2D eigenvalue weighted by molar-refractivity contribution is 5.32. The van der Waals surface area contributed by atoms with Crippen LogP contribution in [0.2, 0.25) is 0 Å². The van der Waals surface area contributed by atoms with Gasteiger partial charge in [-0.25, -0.2) is 4.39 Å². The third kappa shape index (κ3) is 3.40. The molecule has 0 saturated carbocycles. The van der Waals surface area contributed by atoms with E-state index in [1.807, 2.05) is 4.90 Å². The number of halogens is 4. The van der Waals surface area contributed by atoms with E-state index >= 15 is 0 Å². The topological polar surface area (TPSA) is 28.4 Å². The van der Waals surface area contributed by atoms with Gasteiger partial charge in [0.15, 0.2) is 0 Å². The van der Waals surface area contributed by atoms with Gasteiger partial charge in [0.1, 0.15) is 11.6 Å². The van der Waals surface area contributed by atoms with Crippen molar-refractivity contribution in [3.63, 3.8) is 0 Å². The summed E-state index contributed by atoms with van der Waals surface area (Å²) in [6, 6.07) is 5.53. The quantitative estimate of drug-likeness (QED) is 0.875. The van der Waals surface area contributed by atoms with Crippen molar-refractivity contribution in [3.8, 4) is 0 Å². The van der Waals surface area contributed by atoms with E-state index < -0.39 is 23.6 Å². The number of nitrogens with one attached hydrogen (secondary N) is 1. The Morgan fingerprint density at radius 3 is 2.43 bits per heavy atom. The van der Waals surface area contributed by atoms with Gasteiger partial charge in [0.05, 0.1) is 17.9 Å². The first-order valence-electron chi connectivity index (χ1n) is 7.31. The van der Waals surface area contributed by atoms with Crippen molar-refractivity contribution >= 4 is 0 Å². The van der Waals surface area contributed by atoms with Crippen molar-refractivity contribution in [1.82, 2.24) is 10.2 Å². The molecule has 2 aromatic rings. The van der Waals surface area contributed by atoms with Crippen molar-refractivity contribution in [2.45, 2.75) is 12.2 Å². The molecular weight excluding hydrogens is 312 g/mol. The van der Waals surface area contributed by atoms with Gasteiger partial charge in [0.2, 0.25) is 0 Å². The molecule has 1 atom stereocenters. The zero-order valence-corrected chi connectivity index (χ0v) is 12.2. The predicted molar refractivity (Wildman–Crippen MR) is 76.4 cm³/mol. The Balaban J connectivity index is 2.00. The first-order chi connectivity index (χ1) is 11.0. The summed E-state index contributed by atoms with van der Waals surface area (Å²) in [6.07, 6.45) is -3.08. The van der Waals surface area contributed by atoms with Gasteiger partial charge in [-0.3, -0.25) is 4.90 Å². The Morgan fingerprint density at radius 1 is 1.13 bits per heavy atom. The Hall–Kier alpha value is -1.86. The molecule has 1 N–H and O–H groups in total. The second-order valence-electron chi connectivity index (χ2n) is 5.44. The van der Waals surface area contributed by atoms with Crippen LogP contribution >= 0.6 is 0 Å². The van der Waals surface area contributed by atoms with Gasteiger partial charge >= 0.3 is 6.18 Å². The lowest BCUT2D eigenvalue weighted by molar-refractivity contribution is -0.137. The summed E-state index contributed by atoms with van der Waals surface area (Å²) >= 11 is 0. The fourth-order valence-corrected chi connectivity index (χ4v) is 2.84. The average molecular weight is 328 g/mol. The minimum Gasteiger partial charge on any atom is -0.467 e. The molecule has 1 aliphatic heterocycles. The molecule has 0 bridgehead atoms. The van der Waals surface area contributed by atoms with Crippen molar-refractivity contribution in [1.29, 1.82) is 0 Å². The van der Waals surface area contributed by atoms with Crippen LogP contribution in [0.4, 0.5) is 17.6 Å². The summed E-state index contributed by atoms with van der Waals surface area (Å²) in [6.45, 7) is 2.79. The number of furan rings is 1. The highest BCUT2D eigenvalue weighted by atomic mass is 19.4. The number of benzene rings is 1. The number of hydrogen-bond acceptors (Lipinski definition) is 3. The summed E-state index contributed by atoms with van der Waals surface area (Å²) in [5.74, 6) is -0.356. The number of hydrogen-bond donors (Lipinski definition) is 1. The van der Waals surface area contributed by atoms with E-state index in [2.05, 4.69) is 5.32 Å². The maximum Gasteiger partial charge on any atom is 0.416 e. The van der Waals surface area contributed by atoms with Gasteiger partial charge in [0, 0.05) is 31.7 Å². The molecule has 1 fully saturated rings. The number of alkyl halides is 3. The molecule has 0 spiro atoms. The maximum atomic E-state index is 14.4. The molecule has 1 saturated heterocycles. The molecule has 0 radical (unpaired) electrons. The monoisotopic (exact) mass is 328 g/mol. The van der Waals surface area contributed by atoms with Crippen LogP contribution in [-0.2, 0) is 6.18 Å². The van der Waals surface area contributed by atoms with E-state index in [9.17, 15) is 17.6 Å². The van der Waals surface area contributed by atoms with Crippen molar-refractivity contribution in [2.24, 2.45) is 0 Å². The summed E-state index contributed by atoms with van der Waals surface area (Å²) < 4.78 is 58.0. The van der Waals surface area contributed by atoms with Gasteiger partial charge in [-0.05, 0) is 24.3 Å². The lowest BCUT2D eigenvalue weighted by atomic mass is 9.99. The highest BCUT2D eigenvalue weighted by Crippen LogP contribution is 2.35. The maximum absolute atomic E-state index is 14.4. The van der Waals surface area contributed by atoms with Crippen molar-refractivity contribution in [2.75, 3.05) is 26.2 Å². The predicted octanol–water partition coefficient (Wildman–Crippen LogP) is 3.43. The minimum absolute atomic E-state index is 0.190. The van der Waals surface area contributed by atoms with E-state index in [0.29, 0.717) is 24.9 Å². The molecule has 3 nitrogen and oxygen atoms in total. The van der Waals surface area contributed by atoms with Crippen LogP contribution < -0.4 is 5.32 Å². The second-order valence-corrected chi connectivity index (χ2v) is 5.44. The Bertz CT molecular complexity index is 649. The smallest absolute Gasteiger partial charge is 0.416 e. The van der Waals surface area contributed by atoms with Crippen LogP contribution in [0.1, 0.15) is 22.9 Å². The van der Waals surface area contributed by atoms with Crippen LogP contribution in [0, 0.1) is 5.82 Å². The molecule has 0 aliphatic carbocycles. The normalized spacial score (nSPS) is 18.1. The molecule has 2 heterocycles. The van der Waals surface area contributed by atoms with E-state index in [-0.39, 0.29) is 5.56 Å². The SMILES string of the molecule is Fc1cc(C(F)(F)F)ccc1[C@H](c1ccco1)N1CCNCC1. The summed E-state index contributed by atoms with van der Waals surface area (Å²) in [4.78, 5) is 2.00. The first kappa shape index (κ1) is 16.0. The first-order valence-corrected chi connectivity index (χ1v) is 7.31. The fraction of sp³-hybridized carbons (Fsp3) is 0.375. The van der Waals surface area contributed by atoms with Crippen LogP contribution in [0.3, 0.4) is 0 Å². The summed E-state index contributed by atoms with van der Waals surface area (Å²) in [7, 11) is 0. The Morgan fingerprint density at radius 2 is 1.87 bits per heavy atom. The largest absolute Gasteiger partial charge is 0.467 e. The second kappa shape index (κ2) is 6.33. The van der Waals surface area contributed by atoms with Crippen LogP contribution in [-0.4, -0.2) is 31.1 Å². The minimum atomic E-state index is -4.56. The molecule has 23 heavy (non-hydrogen) atoms. The third-order valence-corrected chi connectivity index (χ3v) is 3.95. The number of nitrogens with zero attached hydrogens (tertiary/aromatic N) is 1. The summed E-state index contributed by atoms with van der Waals surface area (Å²) in [5, 5.41) is 3.20. The van der Waals surface area contributed by atoms with Crippen LogP contribution in [0.25, 0.3) is 0 Å². The standard InChI is InChI=1S/C16H16F4N2O/c17-13-10-11(16(18,19)20)3-4-12(13)15(14-2-1-9-23-14)22-7-5-21-6-8-22/h1-4,9-10,15,21H,5-8H2/t15-/m1/s1. The van der Waals surface area contributed by atoms with E-state index in [1.54, 1.807) is 12.1 Å². The molecule has 1 aromatic heterocycles. The molecule has 124 valence electrons. The summed E-state index contributed by atoms with van der Waals surface area (Å²) in [5.41, 5.74) is -0.799. The van der Waals surface area contributed by atoms with Crippen molar-refractivity contribution < 1.29 is 22.0 Å². The van der Waals surface area contributed by atoms with Gasteiger partial charge in [-0.1, -0.05) is 6.07 Å². The Labute approximate surface area is 130 Å². The third-order valence-electron chi connectivity index (χ3n) is 3.95. The van der Waals surface area contributed by atoms with E-state index in [4.69, 9.17) is 4.42 Å². The van der Waals surface area contributed by atoms with Crippen LogP contribution in [0.5, 0.6) is 0 Å². The van der Waals surface area contributed by atoms with Gasteiger partial charge < -0.3 is 9.73 Å². The van der Waals surface area contributed by atoms with Gasteiger partial charge in [0.25, 0.3) is 0 Å². The van der Waals surface area contributed by atoms with Crippen LogP contribution in [0.15, 0.2) is 41.0 Å². The Kier molecular flexibility index (Phi) is 4.41. The number of rotatable bonds is 3. The van der Waals surface area contributed by atoms with Crippen molar-refractivity contribution in [3.05, 3.63) is 59.3 Å². The average Bonchev–Trinajstić information content (AvgIpc) is 3.03.